The van der Waals surface area contributed by atoms with Gasteiger partial charge in [0, 0.05) is 11.3 Å². The van der Waals surface area contributed by atoms with Gasteiger partial charge in [0.2, 0.25) is 0 Å². The molecule has 1 heterocycles. The molecule has 3 aromatic rings. The SMILES string of the molecule is COc1ccc(/C(O)=C2\C(=O)C(=O)N(c3ccc(C(F)(F)F)cc3)C2c2cccc(OC)c2)cc1. The summed E-state index contributed by atoms with van der Waals surface area (Å²) in [6, 6.07) is 15.6. The number of aliphatic hydroxyl groups is 1. The van der Waals surface area contributed by atoms with Gasteiger partial charge in [-0.2, -0.15) is 13.2 Å². The summed E-state index contributed by atoms with van der Waals surface area (Å²) in [5.41, 5.74) is -0.327. The molecular weight excluding hydrogens is 463 g/mol. The van der Waals surface area contributed by atoms with Gasteiger partial charge in [-0.25, -0.2) is 0 Å². The molecule has 1 unspecified atom stereocenters. The van der Waals surface area contributed by atoms with Gasteiger partial charge in [-0.3, -0.25) is 14.5 Å². The number of anilines is 1. The number of benzene rings is 3. The Bertz CT molecular complexity index is 1300. The van der Waals surface area contributed by atoms with Crippen LogP contribution in [0, 0.1) is 0 Å². The molecule has 0 aliphatic carbocycles. The second kappa shape index (κ2) is 9.17. The Morgan fingerprint density at radius 1 is 0.886 bits per heavy atom. The summed E-state index contributed by atoms with van der Waals surface area (Å²) >= 11 is 0. The number of aliphatic hydroxyl groups excluding tert-OH is 1. The van der Waals surface area contributed by atoms with E-state index in [2.05, 4.69) is 0 Å². The Balaban J connectivity index is 1.90. The number of amides is 1. The van der Waals surface area contributed by atoms with Crippen LogP contribution in [0.15, 0.2) is 78.4 Å². The number of ether oxygens (including phenoxy) is 2. The molecule has 9 heteroatoms. The van der Waals surface area contributed by atoms with E-state index in [-0.39, 0.29) is 16.8 Å². The van der Waals surface area contributed by atoms with E-state index in [1.807, 2.05) is 0 Å². The average molecular weight is 483 g/mol. The van der Waals surface area contributed by atoms with E-state index in [4.69, 9.17) is 9.47 Å². The lowest BCUT2D eigenvalue weighted by Crippen LogP contribution is -2.29. The third kappa shape index (κ3) is 4.44. The first-order valence-electron chi connectivity index (χ1n) is 10.4. The number of Topliss-reactive ketones (excluding diaryl/α,β-unsaturated/α-hetero) is 1. The molecule has 1 aliphatic heterocycles. The highest BCUT2D eigenvalue weighted by Crippen LogP contribution is 2.43. The van der Waals surface area contributed by atoms with E-state index in [9.17, 15) is 27.9 Å². The van der Waals surface area contributed by atoms with Crippen molar-refractivity contribution in [2.75, 3.05) is 19.1 Å². The Hall–Kier alpha value is -4.27. The molecule has 1 atom stereocenters. The van der Waals surface area contributed by atoms with Crippen LogP contribution in [0.25, 0.3) is 5.76 Å². The van der Waals surface area contributed by atoms with Gasteiger partial charge in [0.1, 0.15) is 17.3 Å². The number of rotatable bonds is 5. The van der Waals surface area contributed by atoms with Gasteiger partial charge in [-0.15, -0.1) is 0 Å². The standard InChI is InChI=1S/C26H20F3NO5/c1-34-19-12-6-15(7-13-19)23(31)21-22(16-4-3-5-20(14-16)35-2)30(25(33)24(21)32)18-10-8-17(9-11-18)26(27,28)29/h3-14,22,31H,1-2H3/b23-21+. The average Bonchev–Trinajstić information content (AvgIpc) is 3.13. The summed E-state index contributed by atoms with van der Waals surface area (Å²) in [5, 5.41) is 11.1. The molecule has 1 N–H and O–H groups in total. The van der Waals surface area contributed by atoms with Gasteiger partial charge in [0.05, 0.1) is 31.4 Å². The fraction of sp³-hybridized carbons (Fsp3) is 0.154. The predicted molar refractivity (Wildman–Crippen MR) is 122 cm³/mol. The number of ketones is 1. The minimum Gasteiger partial charge on any atom is -0.507 e. The summed E-state index contributed by atoms with van der Waals surface area (Å²) in [6.07, 6.45) is -4.56. The molecule has 6 nitrogen and oxygen atoms in total. The largest absolute Gasteiger partial charge is 0.507 e. The third-order valence-corrected chi connectivity index (χ3v) is 5.69. The third-order valence-electron chi connectivity index (χ3n) is 5.69. The second-order valence-electron chi connectivity index (χ2n) is 7.72. The Labute approximate surface area is 198 Å². The molecule has 0 radical (unpaired) electrons. The van der Waals surface area contributed by atoms with Crippen LogP contribution in [0.5, 0.6) is 11.5 Å². The fourth-order valence-electron chi connectivity index (χ4n) is 3.94. The molecule has 0 saturated carbocycles. The van der Waals surface area contributed by atoms with Gasteiger partial charge >= 0.3 is 6.18 Å². The van der Waals surface area contributed by atoms with Crippen molar-refractivity contribution in [3.05, 3.63) is 95.1 Å². The lowest BCUT2D eigenvalue weighted by atomic mass is 9.95. The number of alkyl halides is 3. The molecule has 4 rings (SSSR count). The van der Waals surface area contributed by atoms with E-state index in [0.717, 1.165) is 29.2 Å². The second-order valence-corrected chi connectivity index (χ2v) is 7.72. The molecule has 0 bridgehead atoms. The smallest absolute Gasteiger partial charge is 0.416 e. The van der Waals surface area contributed by atoms with E-state index < -0.39 is 35.2 Å². The molecular formula is C26H20F3NO5. The number of carbonyl (C=O) groups excluding carboxylic acids is 2. The van der Waals surface area contributed by atoms with Gasteiger partial charge in [0.15, 0.2) is 0 Å². The highest BCUT2D eigenvalue weighted by Gasteiger charge is 2.47. The van der Waals surface area contributed by atoms with Crippen molar-refractivity contribution in [2.24, 2.45) is 0 Å². The van der Waals surface area contributed by atoms with Crippen molar-refractivity contribution in [1.29, 1.82) is 0 Å². The molecule has 1 fully saturated rings. The highest BCUT2D eigenvalue weighted by atomic mass is 19.4. The summed E-state index contributed by atoms with van der Waals surface area (Å²) in [5.74, 6) is -1.41. The molecule has 180 valence electrons. The van der Waals surface area contributed by atoms with Crippen LogP contribution in [0.1, 0.15) is 22.7 Å². The topological polar surface area (TPSA) is 76.1 Å². The van der Waals surface area contributed by atoms with Crippen LogP contribution >= 0.6 is 0 Å². The monoisotopic (exact) mass is 483 g/mol. The molecule has 1 saturated heterocycles. The van der Waals surface area contributed by atoms with Crippen molar-refractivity contribution in [2.45, 2.75) is 12.2 Å². The van der Waals surface area contributed by atoms with Crippen LogP contribution in [0.3, 0.4) is 0 Å². The quantitative estimate of drug-likeness (QED) is 0.301. The molecule has 0 spiro atoms. The van der Waals surface area contributed by atoms with Crippen molar-refractivity contribution >= 4 is 23.1 Å². The van der Waals surface area contributed by atoms with Crippen LogP contribution in [-0.4, -0.2) is 31.0 Å². The maximum atomic E-state index is 13.1. The summed E-state index contributed by atoms with van der Waals surface area (Å²) < 4.78 is 49.6. The number of nitrogens with zero attached hydrogens (tertiary/aromatic N) is 1. The van der Waals surface area contributed by atoms with E-state index in [1.165, 1.54) is 26.4 Å². The maximum absolute atomic E-state index is 13.1. The normalized spacial score (nSPS) is 17.5. The predicted octanol–water partition coefficient (Wildman–Crippen LogP) is 5.35. The zero-order chi connectivity index (χ0) is 25.3. The van der Waals surface area contributed by atoms with E-state index in [1.54, 1.807) is 36.4 Å². The minimum absolute atomic E-state index is 0.0710. The van der Waals surface area contributed by atoms with Crippen molar-refractivity contribution < 1.29 is 37.3 Å². The van der Waals surface area contributed by atoms with Crippen LogP contribution in [0.2, 0.25) is 0 Å². The number of carbonyl (C=O) groups is 2. The first kappa shape index (κ1) is 23.9. The van der Waals surface area contributed by atoms with Gasteiger partial charge in [0.25, 0.3) is 11.7 Å². The number of methoxy groups -OCH3 is 2. The summed E-state index contributed by atoms with van der Waals surface area (Å²) in [6.45, 7) is 0. The fourth-order valence-corrected chi connectivity index (χ4v) is 3.94. The molecule has 1 amide bonds. The molecule has 0 aromatic heterocycles. The molecule has 1 aliphatic rings. The maximum Gasteiger partial charge on any atom is 0.416 e. The summed E-state index contributed by atoms with van der Waals surface area (Å²) in [4.78, 5) is 27.4. The van der Waals surface area contributed by atoms with Crippen LogP contribution in [-0.2, 0) is 15.8 Å². The lowest BCUT2D eigenvalue weighted by molar-refractivity contribution is -0.137. The van der Waals surface area contributed by atoms with Crippen LogP contribution in [0.4, 0.5) is 18.9 Å². The van der Waals surface area contributed by atoms with Gasteiger partial charge in [-0.05, 0) is 66.2 Å². The molecule has 35 heavy (non-hydrogen) atoms. The highest BCUT2D eigenvalue weighted by molar-refractivity contribution is 6.51. The minimum atomic E-state index is -4.56. The van der Waals surface area contributed by atoms with Crippen molar-refractivity contribution in [3.63, 3.8) is 0 Å². The lowest BCUT2D eigenvalue weighted by Gasteiger charge is -2.26. The Morgan fingerprint density at radius 3 is 2.09 bits per heavy atom. The number of hydrogen-bond acceptors (Lipinski definition) is 5. The van der Waals surface area contributed by atoms with Crippen molar-refractivity contribution in [1.82, 2.24) is 0 Å². The zero-order valence-electron chi connectivity index (χ0n) is 18.7. The van der Waals surface area contributed by atoms with Crippen LogP contribution < -0.4 is 14.4 Å². The first-order valence-corrected chi connectivity index (χ1v) is 10.4. The van der Waals surface area contributed by atoms with Crippen molar-refractivity contribution in [3.8, 4) is 11.5 Å². The van der Waals surface area contributed by atoms with Gasteiger partial charge < -0.3 is 14.6 Å². The van der Waals surface area contributed by atoms with E-state index >= 15 is 0 Å². The van der Waals surface area contributed by atoms with E-state index in [0.29, 0.717) is 17.1 Å². The summed E-state index contributed by atoms with van der Waals surface area (Å²) in [7, 11) is 2.93. The number of hydrogen-bond donors (Lipinski definition) is 1. The molecule has 3 aromatic carbocycles. The first-order chi connectivity index (χ1) is 16.7. The number of halogens is 3. The Morgan fingerprint density at radius 2 is 1.51 bits per heavy atom. The van der Waals surface area contributed by atoms with Gasteiger partial charge in [-0.1, -0.05) is 12.1 Å². The Kier molecular flexibility index (Phi) is 6.26. The zero-order valence-corrected chi connectivity index (χ0v) is 18.7.